The van der Waals surface area contributed by atoms with Crippen LogP contribution in [-0.4, -0.2) is 11.0 Å². The second-order valence-corrected chi connectivity index (χ2v) is 6.74. The summed E-state index contributed by atoms with van der Waals surface area (Å²) in [6.45, 7) is 4.10. The fourth-order valence-electron chi connectivity index (χ4n) is 2.92. The van der Waals surface area contributed by atoms with Gasteiger partial charge in [-0.25, -0.2) is 9.18 Å². The molecule has 1 heterocycles. The Morgan fingerprint density at radius 2 is 1.75 bits per heavy atom. The molecule has 3 nitrogen and oxygen atoms in total. The van der Waals surface area contributed by atoms with Gasteiger partial charge in [0.1, 0.15) is 11.6 Å². The van der Waals surface area contributed by atoms with Crippen LogP contribution in [0.15, 0.2) is 60.8 Å². The van der Waals surface area contributed by atoms with Crippen molar-refractivity contribution in [3.63, 3.8) is 0 Å². The molecular weight excluding hydrogens is 353 g/mol. The molecule has 0 aliphatic rings. The maximum absolute atomic E-state index is 14.1. The number of unbranched alkanes of at least 4 members (excludes halogenated alkanes) is 1. The SMILES string of the molecule is CCCCc1ccc(-c2ccc(OC(=O)c3ccc(CC)cc3F)cc2)nc1. The third-order valence-electron chi connectivity index (χ3n) is 4.67. The second kappa shape index (κ2) is 9.27. The molecule has 0 saturated carbocycles. The Hall–Kier alpha value is -3.01. The second-order valence-electron chi connectivity index (χ2n) is 6.74. The van der Waals surface area contributed by atoms with Crippen LogP contribution < -0.4 is 4.74 Å². The van der Waals surface area contributed by atoms with E-state index in [1.165, 1.54) is 17.7 Å². The highest BCUT2D eigenvalue weighted by Gasteiger charge is 2.14. The lowest BCUT2D eigenvalue weighted by Gasteiger charge is -2.08. The molecule has 4 heteroatoms. The number of benzene rings is 2. The summed E-state index contributed by atoms with van der Waals surface area (Å²) in [5.41, 5.74) is 3.80. The van der Waals surface area contributed by atoms with Gasteiger partial charge in [0.05, 0.1) is 11.3 Å². The van der Waals surface area contributed by atoms with Crippen molar-refractivity contribution in [1.29, 1.82) is 0 Å². The minimum Gasteiger partial charge on any atom is -0.423 e. The number of hydrogen-bond donors (Lipinski definition) is 0. The van der Waals surface area contributed by atoms with Crippen molar-refractivity contribution in [1.82, 2.24) is 4.98 Å². The number of hydrogen-bond acceptors (Lipinski definition) is 3. The molecule has 0 aliphatic carbocycles. The van der Waals surface area contributed by atoms with Gasteiger partial charge in [0.25, 0.3) is 0 Å². The van der Waals surface area contributed by atoms with Crippen molar-refractivity contribution in [3.05, 3.63) is 83.3 Å². The molecule has 0 spiro atoms. The van der Waals surface area contributed by atoms with E-state index in [0.717, 1.165) is 36.1 Å². The van der Waals surface area contributed by atoms with E-state index >= 15 is 0 Å². The van der Waals surface area contributed by atoms with E-state index in [0.29, 0.717) is 12.2 Å². The van der Waals surface area contributed by atoms with Gasteiger partial charge in [-0.05, 0) is 72.9 Å². The monoisotopic (exact) mass is 377 g/mol. The highest BCUT2D eigenvalue weighted by molar-refractivity contribution is 5.91. The third-order valence-corrected chi connectivity index (χ3v) is 4.67. The summed E-state index contributed by atoms with van der Waals surface area (Å²) in [5.74, 6) is -0.896. The van der Waals surface area contributed by atoms with Gasteiger partial charge in [0.2, 0.25) is 0 Å². The van der Waals surface area contributed by atoms with Crippen LogP contribution in [0, 0.1) is 5.82 Å². The normalized spacial score (nSPS) is 10.7. The Balaban J connectivity index is 1.68. The summed E-state index contributed by atoms with van der Waals surface area (Å²) in [5, 5.41) is 0. The molecule has 0 bridgehead atoms. The molecule has 3 aromatic rings. The van der Waals surface area contributed by atoms with E-state index in [-0.39, 0.29) is 5.56 Å². The highest BCUT2D eigenvalue weighted by Crippen LogP contribution is 2.22. The summed E-state index contributed by atoms with van der Waals surface area (Å²) >= 11 is 0. The van der Waals surface area contributed by atoms with Crippen LogP contribution in [0.5, 0.6) is 5.75 Å². The Labute approximate surface area is 165 Å². The lowest BCUT2D eigenvalue weighted by atomic mass is 10.1. The predicted molar refractivity (Wildman–Crippen MR) is 109 cm³/mol. The number of ether oxygens (including phenoxy) is 1. The number of pyridine rings is 1. The van der Waals surface area contributed by atoms with E-state index in [1.54, 1.807) is 18.2 Å². The first-order chi connectivity index (χ1) is 13.6. The lowest BCUT2D eigenvalue weighted by Crippen LogP contribution is -2.11. The zero-order valence-corrected chi connectivity index (χ0v) is 16.2. The van der Waals surface area contributed by atoms with Crippen LogP contribution in [0.4, 0.5) is 4.39 Å². The smallest absolute Gasteiger partial charge is 0.346 e. The Morgan fingerprint density at radius 3 is 2.36 bits per heavy atom. The van der Waals surface area contributed by atoms with Gasteiger partial charge < -0.3 is 4.74 Å². The zero-order chi connectivity index (χ0) is 19.9. The topological polar surface area (TPSA) is 39.2 Å². The van der Waals surface area contributed by atoms with E-state index in [2.05, 4.69) is 18.0 Å². The maximum atomic E-state index is 14.1. The minimum atomic E-state index is -0.702. The summed E-state index contributed by atoms with van der Waals surface area (Å²) in [6.07, 6.45) is 5.97. The quantitative estimate of drug-likeness (QED) is 0.374. The average Bonchev–Trinajstić information content (AvgIpc) is 2.73. The van der Waals surface area contributed by atoms with Crippen molar-refractivity contribution in [2.24, 2.45) is 0 Å². The van der Waals surface area contributed by atoms with Crippen LogP contribution in [0.2, 0.25) is 0 Å². The number of aryl methyl sites for hydroxylation is 2. The van der Waals surface area contributed by atoms with Crippen molar-refractivity contribution in [2.45, 2.75) is 39.5 Å². The first-order valence-corrected chi connectivity index (χ1v) is 9.66. The number of rotatable bonds is 7. The highest BCUT2D eigenvalue weighted by atomic mass is 19.1. The van der Waals surface area contributed by atoms with E-state index in [1.807, 2.05) is 31.3 Å². The van der Waals surface area contributed by atoms with E-state index in [9.17, 15) is 9.18 Å². The summed E-state index contributed by atoms with van der Waals surface area (Å²) in [6, 6.07) is 15.7. The molecule has 3 rings (SSSR count). The maximum Gasteiger partial charge on any atom is 0.346 e. The molecule has 0 aliphatic heterocycles. The summed E-state index contributed by atoms with van der Waals surface area (Å²) < 4.78 is 19.4. The fraction of sp³-hybridized carbons (Fsp3) is 0.250. The molecule has 144 valence electrons. The van der Waals surface area contributed by atoms with Crippen LogP contribution in [0.3, 0.4) is 0 Å². The molecule has 0 unspecified atom stereocenters. The van der Waals surface area contributed by atoms with Gasteiger partial charge >= 0.3 is 5.97 Å². The number of aromatic nitrogens is 1. The molecule has 1 aromatic heterocycles. The molecule has 0 fully saturated rings. The molecule has 0 radical (unpaired) electrons. The molecule has 0 atom stereocenters. The molecule has 0 N–H and O–H groups in total. The number of halogens is 1. The number of esters is 1. The van der Waals surface area contributed by atoms with Crippen LogP contribution in [0.25, 0.3) is 11.3 Å². The number of nitrogens with zero attached hydrogens (tertiary/aromatic N) is 1. The fourth-order valence-corrected chi connectivity index (χ4v) is 2.92. The van der Waals surface area contributed by atoms with Crippen LogP contribution in [-0.2, 0) is 12.8 Å². The van der Waals surface area contributed by atoms with Crippen molar-refractivity contribution in [3.8, 4) is 17.0 Å². The minimum absolute atomic E-state index is 0.0642. The molecule has 2 aromatic carbocycles. The molecule has 0 amide bonds. The standard InChI is InChI=1S/C24H24FNO2/c1-3-5-6-18-8-14-23(26-16-18)19-9-11-20(12-10-19)28-24(27)21-13-7-17(4-2)15-22(21)25/h7-16H,3-6H2,1-2H3. The van der Waals surface area contributed by atoms with Crippen molar-refractivity contribution in [2.75, 3.05) is 0 Å². The Kier molecular flexibility index (Phi) is 6.53. The van der Waals surface area contributed by atoms with Crippen LogP contribution in [0.1, 0.15) is 48.2 Å². The van der Waals surface area contributed by atoms with Gasteiger partial charge in [-0.15, -0.1) is 0 Å². The zero-order valence-electron chi connectivity index (χ0n) is 16.2. The van der Waals surface area contributed by atoms with Crippen LogP contribution >= 0.6 is 0 Å². The Bertz CT molecular complexity index is 934. The number of carbonyl (C=O) groups is 1. The predicted octanol–water partition coefficient (Wildman–Crippen LogP) is 6.01. The molecule has 0 saturated heterocycles. The summed E-state index contributed by atoms with van der Waals surface area (Å²) in [4.78, 5) is 16.7. The lowest BCUT2D eigenvalue weighted by molar-refractivity contribution is 0.0730. The number of carbonyl (C=O) groups excluding carboxylic acids is 1. The largest absolute Gasteiger partial charge is 0.423 e. The molecular formula is C24H24FNO2. The first-order valence-electron chi connectivity index (χ1n) is 9.66. The van der Waals surface area contributed by atoms with E-state index in [4.69, 9.17) is 4.74 Å². The Morgan fingerprint density at radius 1 is 1.00 bits per heavy atom. The van der Waals surface area contributed by atoms with Gasteiger partial charge in [0.15, 0.2) is 0 Å². The summed E-state index contributed by atoms with van der Waals surface area (Å²) in [7, 11) is 0. The average molecular weight is 377 g/mol. The van der Waals surface area contributed by atoms with Gasteiger partial charge in [0, 0.05) is 11.8 Å². The van der Waals surface area contributed by atoms with Crippen molar-refractivity contribution >= 4 is 5.97 Å². The first kappa shape index (κ1) is 19.7. The molecule has 28 heavy (non-hydrogen) atoms. The van der Waals surface area contributed by atoms with Gasteiger partial charge in [-0.1, -0.05) is 32.4 Å². The van der Waals surface area contributed by atoms with E-state index < -0.39 is 11.8 Å². The van der Waals surface area contributed by atoms with Crippen molar-refractivity contribution < 1.29 is 13.9 Å². The van der Waals surface area contributed by atoms with Gasteiger partial charge in [-0.2, -0.15) is 0 Å². The van der Waals surface area contributed by atoms with Gasteiger partial charge in [-0.3, -0.25) is 4.98 Å². The third kappa shape index (κ3) is 4.83.